The van der Waals surface area contributed by atoms with Gasteiger partial charge in [0.1, 0.15) is 16.5 Å². The van der Waals surface area contributed by atoms with Crippen LogP contribution in [0.2, 0.25) is 0 Å². The quantitative estimate of drug-likeness (QED) is 0.691. The van der Waals surface area contributed by atoms with Gasteiger partial charge in [-0.2, -0.15) is 0 Å². The second kappa shape index (κ2) is 8.49. The predicted molar refractivity (Wildman–Crippen MR) is 103 cm³/mol. The molecule has 0 bridgehead atoms. The van der Waals surface area contributed by atoms with Gasteiger partial charge in [-0.05, 0) is 42.0 Å². The Hall–Kier alpha value is -2.86. The minimum atomic E-state index is -0.0561. The summed E-state index contributed by atoms with van der Waals surface area (Å²) in [6.45, 7) is 0.464. The average Bonchev–Trinajstić information content (AvgIpc) is 3.15. The van der Waals surface area contributed by atoms with E-state index in [1.165, 1.54) is 11.3 Å². The SMILES string of the molecule is COc1ccc(-c2nc(CC(=O)NCc3cccc(OC)c3)cs2)cc1. The lowest BCUT2D eigenvalue weighted by Crippen LogP contribution is -2.24. The third-order valence-electron chi connectivity index (χ3n) is 3.85. The number of aromatic nitrogens is 1. The van der Waals surface area contributed by atoms with Gasteiger partial charge < -0.3 is 14.8 Å². The number of nitrogens with zero attached hydrogens (tertiary/aromatic N) is 1. The molecule has 5 nitrogen and oxygen atoms in total. The number of benzene rings is 2. The van der Waals surface area contributed by atoms with Gasteiger partial charge in [0.15, 0.2) is 0 Å². The molecule has 1 N–H and O–H groups in total. The van der Waals surface area contributed by atoms with E-state index in [2.05, 4.69) is 10.3 Å². The first-order valence-corrected chi connectivity index (χ1v) is 9.04. The molecule has 3 aromatic rings. The molecule has 0 unspecified atom stereocenters. The summed E-state index contributed by atoms with van der Waals surface area (Å²) >= 11 is 1.53. The first kappa shape index (κ1) is 17.9. The Kier molecular flexibility index (Phi) is 5.86. The van der Waals surface area contributed by atoms with Crippen LogP contribution in [0.3, 0.4) is 0 Å². The molecule has 0 radical (unpaired) electrons. The number of methoxy groups -OCH3 is 2. The van der Waals surface area contributed by atoms with Crippen LogP contribution in [0.15, 0.2) is 53.9 Å². The summed E-state index contributed by atoms with van der Waals surface area (Å²) in [5.41, 5.74) is 2.78. The van der Waals surface area contributed by atoms with Crippen LogP contribution in [0.25, 0.3) is 10.6 Å². The molecule has 2 aromatic carbocycles. The number of ether oxygens (including phenoxy) is 2. The zero-order chi connectivity index (χ0) is 18.4. The Morgan fingerprint density at radius 2 is 1.85 bits per heavy atom. The van der Waals surface area contributed by atoms with Crippen molar-refractivity contribution in [2.75, 3.05) is 14.2 Å². The molecular formula is C20H20N2O3S. The zero-order valence-electron chi connectivity index (χ0n) is 14.7. The monoisotopic (exact) mass is 368 g/mol. The molecule has 3 rings (SSSR count). The molecule has 0 aliphatic heterocycles. The molecule has 0 saturated carbocycles. The van der Waals surface area contributed by atoms with Crippen LogP contribution in [0.4, 0.5) is 0 Å². The molecule has 1 aromatic heterocycles. The van der Waals surface area contributed by atoms with Crippen LogP contribution < -0.4 is 14.8 Å². The van der Waals surface area contributed by atoms with Gasteiger partial charge >= 0.3 is 0 Å². The maximum absolute atomic E-state index is 12.2. The molecule has 6 heteroatoms. The van der Waals surface area contributed by atoms with Crippen molar-refractivity contribution in [3.8, 4) is 22.1 Å². The molecule has 26 heavy (non-hydrogen) atoms. The van der Waals surface area contributed by atoms with Crippen molar-refractivity contribution in [2.24, 2.45) is 0 Å². The number of nitrogens with one attached hydrogen (secondary N) is 1. The minimum absolute atomic E-state index is 0.0561. The van der Waals surface area contributed by atoms with Crippen molar-refractivity contribution in [2.45, 2.75) is 13.0 Å². The zero-order valence-corrected chi connectivity index (χ0v) is 15.5. The van der Waals surface area contributed by atoms with Gasteiger partial charge in [0, 0.05) is 17.5 Å². The van der Waals surface area contributed by atoms with Gasteiger partial charge in [0.25, 0.3) is 0 Å². The van der Waals surface area contributed by atoms with E-state index in [9.17, 15) is 4.79 Å². The number of thiazole rings is 1. The van der Waals surface area contributed by atoms with Crippen molar-refractivity contribution in [1.29, 1.82) is 0 Å². The van der Waals surface area contributed by atoms with Crippen LogP contribution in [0, 0.1) is 0 Å². The topological polar surface area (TPSA) is 60.5 Å². The molecule has 134 valence electrons. The van der Waals surface area contributed by atoms with Crippen LogP contribution >= 0.6 is 11.3 Å². The lowest BCUT2D eigenvalue weighted by molar-refractivity contribution is -0.120. The fourth-order valence-electron chi connectivity index (χ4n) is 2.46. The van der Waals surface area contributed by atoms with Crippen molar-refractivity contribution in [3.63, 3.8) is 0 Å². The summed E-state index contributed by atoms with van der Waals surface area (Å²) in [4.78, 5) is 16.7. The molecule has 1 amide bonds. The lowest BCUT2D eigenvalue weighted by Gasteiger charge is -2.06. The lowest BCUT2D eigenvalue weighted by atomic mass is 10.2. The Morgan fingerprint density at radius 3 is 2.58 bits per heavy atom. The summed E-state index contributed by atoms with van der Waals surface area (Å²) in [7, 11) is 3.26. The van der Waals surface area contributed by atoms with Crippen LogP contribution in [0.1, 0.15) is 11.3 Å². The van der Waals surface area contributed by atoms with Crippen molar-refractivity contribution in [3.05, 3.63) is 65.2 Å². The Bertz CT molecular complexity index is 875. The van der Waals surface area contributed by atoms with Crippen molar-refractivity contribution in [1.82, 2.24) is 10.3 Å². The molecule has 0 aliphatic rings. The fourth-order valence-corrected chi connectivity index (χ4v) is 3.29. The Morgan fingerprint density at radius 1 is 1.08 bits per heavy atom. The Labute approximate surface area is 156 Å². The van der Waals surface area contributed by atoms with Gasteiger partial charge in [-0.25, -0.2) is 4.98 Å². The maximum atomic E-state index is 12.2. The molecule has 0 fully saturated rings. The summed E-state index contributed by atoms with van der Waals surface area (Å²) in [5.74, 6) is 1.53. The summed E-state index contributed by atoms with van der Waals surface area (Å²) < 4.78 is 10.4. The molecule has 0 atom stereocenters. The highest BCUT2D eigenvalue weighted by Crippen LogP contribution is 2.25. The second-order valence-corrected chi connectivity index (χ2v) is 6.54. The van der Waals surface area contributed by atoms with E-state index in [0.717, 1.165) is 33.3 Å². The molecule has 0 aliphatic carbocycles. The van der Waals surface area contributed by atoms with E-state index in [1.54, 1.807) is 14.2 Å². The van der Waals surface area contributed by atoms with Crippen molar-refractivity contribution >= 4 is 17.2 Å². The van der Waals surface area contributed by atoms with E-state index >= 15 is 0 Å². The van der Waals surface area contributed by atoms with E-state index in [1.807, 2.05) is 53.9 Å². The number of amides is 1. The first-order valence-electron chi connectivity index (χ1n) is 8.16. The van der Waals surface area contributed by atoms with Gasteiger partial charge in [0.2, 0.25) is 5.91 Å². The number of rotatable bonds is 7. The Balaban J connectivity index is 1.56. The van der Waals surface area contributed by atoms with E-state index < -0.39 is 0 Å². The van der Waals surface area contributed by atoms with Crippen molar-refractivity contribution < 1.29 is 14.3 Å². The van der Waals surface area contributed by atoms with Gasteiger partial charge in [-0.3, -0.25) is 4.79 Å². The maximum Gasteiger partial charge on any atom is 0.226 e. The summed E-state index contributed by atoms with van der Waals surface area (Å²) in [6.07, 6.45) is 0.261. The molecule has 1 heterocycles. The largest absolute Gasteiger partial charge is 0.497 e. The second-order valence-electron chi connectivity index (χ2n) is 5.68. The highest BCUT2D eigenvalue weighted by atomic mass is 32.1. The number of carbonyl (C=O) groups is 1. The van der Waals surface area contributed by atoms with E-state index in [4.69, 9.17) is 9.47 Å². The smallest absolute Gasteiger partial charge is 0.226 e. The summed E-state index contributed by atoms with van der Waals surface area (Å²) in [5, 5.41) is 5.73. The third kappa shape index (κ3) is 4.61. The van der Waals surface area contributed by atoms with Crippen LogP contribution in [0.5, 0.6) is 11.5 Å². The predicted octanol–water partition coefficient (Wildman–Crippen LogP) is 3.69. The van der Waals surface area contributed by atoms with E-state index in [0.29, 0.717) is 6.54 Å². The first-order chi connectivity index (χ1) is 12.7. The normalized spacial score (nSPS) is 10.4. The molecule has 0 saturated heterocycles. The van der Waals surface area contributed by atoms with Gasteiger partial charge in [-0.1, -0.05) is 12.1 Å². The van der Waals surface area contributed by atoms with Crippen LogP contribution in [-0.2, 0) is 17.8 Å². The van der Waals surface area contributed by atoms with Crippen LogP contribution in [-0.4, -0.2) is 25.1 Å². The molecular weight excluding hydrogens is 348 g/mol. The van der Waals surface area contributed by atoms with Gasteiger partial charge in [-0.15, -0.1) is 11.3 Å². The third-order valence-corrected chi connectivity index (χ3v) is 4.79. The van der Waals surface area contributed by atoms with E-state index in [-0.39, 0.29) is 12.3 Å². The number of hydrogen-bond acceptors (Lipinski definition) is 5. The average molecular weight is 368 g/mol. The summed E-state index contributed by atoms with van der Waals surface area (Å²) in [6, 6.07) is 15.4. The minimum Gasteiger partial charge on any atom is -0.497 e. The number of hydrogen-bond donors (Lipinski definition) is 1. The fraction of sp³-hybridized carbons (Fsp3) is 0.200. The molecule has 0 spiro atoms. The standard InChI is InChI=1S/C20H20N2O3S/c1-24-17-8-6-15(7-9-17)20-22-16(13-26-20)11-19(23)21-12-14-4-3-5-18(10-14)25-2/h3-10,13H,11-12H2,1-2H3,(H,21,23). The number of carbonyl (C=O) groups excluding carboxylic acids is 1. The highest BCUT2D eigenvalue weighted by molar-refractivity contribution is 7.13. The highest BCUT2D eigenvalue weighted by Gasteiger charge is 2.09. The van der Waals surface area contributed by atoms with Gasteiger partial charge in [0.05, 0.1) is 26.3 Å².